The molecule has 0 aliphatic carbocycles. The van der Waals surface area contributed by atoms with Gasteiger partial charge in [0.1, 0.15) is 0 Å². The zero-order valence-corrected chi connectivity index (χ0v) is 20.5. The Balaban J connectivity index is 1.61. The van der Waals surface area contributed by atoms with Gasteiger partial charge in [0.05, 0.1) is 28.5 Å². The first-order valence-corrected chi connectivity index (χ1v) is 13.4. The van der Waals surface area contributed by atoms with Crippen molar-refractivity contribution in [2.75, 3.05) is 36.7 Å². The largest absolute Gasteiger partial charge is 0.352 e. The Bertz CT molecular complexity index is 1020. The van der Waals surface area contributed by atoms with Crippen LogP contribution in [-0.4, -0.2) is 51.7 Å². The standard InChI is InChI=1S/C23H29Cl2N3O3S/c1-32(30,31)28(17-19-7-5-8-21(24)22(19)25)20-11-9-18(10-12-20)23(29)26-13-6-16-27-14-3-2-4-15-27/h5,7-12H,2-4,6,13-17H2,1H3,(H,26,29). The number of nitrogens with zero attached hydrogens (tertiary/aromatic N) is 2. The van der Waals surface area contributed by atoms with Gasteiger partial charge in [-0.15, -0.1) is 0 Å². The Morgan fingerprint density at radius 2 is 1.75 bits per heavy atom. The summed E-state index contributed by atoms with van der Waals surface area (Å²) < 4.78 is 26.1. The van der Waals surface area contributed by atoms with Gasteiger partial charge in [-0.1, -0.05) is 41.8 Å². The van der Waals surface area contributed by atoms with Gasteiger partial charge in [0, 0.05) is 12.1 Å². The second kappa shape index (κ2) is 11.4. The molecule has 9 heteroatoms. The van der Waals surface area contributed by atoms with E-state index in [4.69, 9.17) is 23.2 Å². The molecule has 0 spiro atoms. The van der Waals surface area contributed by atoms with Crippen LogP contribution >= 0.6 is 23.2 Å². The van der Waals surface area contributed by atoms with Crippen LogP contribution in [-0.2, 0) is 16.6 Å². The van der Waals surface area contributed by atoms with Crippen LogP contribution in [0, 0.1) is 0 Å². The fraction of sp³-hybridized carbons (Fsp3) is 0.435. The predicted molar refractivity (Wildman–Crippen MR) is 131 cm³/mol. The predicted octanol–water partition coefficient (Wildman–Crippen LogP) is 4.57. The summed E-state index contributed by atoms with van der Waals surface area (Å²) in [5, 5.41) is 3.63. The molecule has 1 saturated heterocycles. The molecule has 0 unspecified atom stereocenters. The van der Waals surface area contributed by atoms with E-state index in [1.54, 1.807) is 42.5 Å². The SMILES string of the molecule is CS(=O)(=O)N(Cc1cccc(Cl)c1Cl)c1ccc(C(=O)NCCCN2CCCCC2)cc1. The number of hydrogen-bond donors (Lipinski definition) is 1. The van der Waals surface area contributed by atoms with Gasteiger partial charge in [-0.05, 0) is 74.8 Å². The molecule has 32 heavy (non-hydrogen) atoms. The molecule has 1 amide bonds. The molecule has 0 saturated carbocycles. The van der Waals surface area contributed by atoms with Gasteiger partial charge < -0.3 is 10.2 Å². The van der Waals surface area contributed by atoms with Crippen molar-refractivity contribution in [3.8, 4) is 0 Å². The van der Waals surface area contributed by atoms with Crippen molar-refractivity contribution in [2.24, 2.45) is 0 Å². The quantitative estimate of drug-likeness (QED) is 0.515. The van der Waals surface area contributed by atoms with E-state index < -0.39 is 10.0 Å². The lowest BCUT2D eigenvalue weighted by Crippen LogP contribution is -2.33. The van der Waals surface area contributed by atoms with Crippen molar-refractivity contribution in [3.05, 3.63) is 63.6 Å². The smallest absolute Gasteiger partial charge is 0.251 e. The summed E-state index contributed by atoms with van der Waals surface area (Å²) in [6.07, 6.45) is 5.87. The summed E-state index contributed by atoms with van der Waals surface area (Å²) in [7, 11) is -3.58. The lowest BCUT2D eigenvalue weighted by atomic mass is 10.1. The Hall–Kier alpha value is -1.80. The fourth-order valence-electron chi connectivity index (χ4n) is 3.79. The number of amides is 1. The molecule has 1 N–H and O–H groups in total. The molecule has 1 heterocycles. The first-order valence-electron chi connectivity index (χ1n) is 10.8. The van der Waals surface area contributed by atoms with Crippen LogP contribution in [0.1, 0.15) is 41.6 Å². The first kappa shape index (κ1) is 24.8. The van der Waals surface area contributed by atoms with Crippen molar-refractivity contribution in [3.63, 3.8) is 0 Å². The van der Waals surface area contributed by atoms with E-state index in [1.807, 2.05) is 0 Å². The topological polar surface area (TPSA) is 69.7 Å². The third-order valence-corrected chi connectivity index (χ3v) is 7.55. The van der Waals surface area contributed by atoms with Gasteiger partial charge in [-0.2, -0.15) is 0 Å². The van der Waals surface area contributed by atoms with Gasteiger partial charge in [-0.25, -0.2) is 8.42 Å². The van der Waals surface area contributed by atoms with E-state index in [9.17, 15) is 13.2 Å². The maximum atomic E-state index is 12.5. The van der Waals surface area contributed by atoms with Crippen molar-refractivity contribution in [1.82, 2.24) is 10.2 Å². The number of carbonyl (C=O) groups excluding carboxylic acids is 1. The fourth-order valence-corrected chi connectivity index (χ4v) is 5.05. The molecule has 174 valence electrons. The highest BCUT2D eigenvalue weighted by atomic mass is 35.5. The highest BCUT2D eigenvalue weighted by Gasteiger charge is 2.20. The Labute approximate surface area is 200 Å². The molecule has 3 rings (SSSR count). The summed E-state index contributed by atoms with van der Waals surface area (Å²) in [5.74, 6) is -0.168. The minimum absolute atomic E-state index is 0.0419. The monoisotopic (exact) mass is 497 g/mol. The zero-order valence-electron chi connectivity index (χ0n) is 18.2. The van der Waals surface area contributed by atoms with Crippen LogP contribution < -0.4 is 9.62 Å². The maximum Gasteiger partial charge on any atom is 0.251 e. The van der Waals surface area contributed by atoms with Crippen LogP contribution in [0.3, 0.4) is 0 Å². The molecule has 6 nitrogen and oxygen atoms in total. The summed E-state index contributed by atoms with van der Waals surface area (Å²) in [6.45, 7) is 3.94. The maximum absolute atomic E-state index is 12.5. The minimum Gasteiger partial charge on any atom is -0.352 e. The van der Waals surface area contributed by atoms with Crippen LogP contribution in [0.25, 0.3) is 0 Å². The minimum atomic E-state index is -3.58. The second-order valence-electron chi connectivity index (χ2n) is 8.04. The number of sulfonamides is 1. The van der Waals surface area contributed by atoms with Gasteiger partial charge in [0.2, 0.25) is 10.0 Å². The first-order chi connectivity index (χ1) is 15.3. The van der Waals surface area contributed by atoms with E-state index in [0.29, 0.717) is 33.4 Å². The number of halogens is 2. The number of piperidine rings is 1. The van der Waals surface area contributed by atoms with E-state index in [-0.39, 0.29) is 12.5 Å². The Kier molecular flexibility index (Phi) is 8.82. The highest BCUT2D eigenvalue weighted by molar-refractivity contribution is 7.92. The molecule has 0 atom stereocenters. The summed E-state index contributed by atoms with van der Waals surface area (Å²) in [5.41, 5.74) is 1.53. The van der Waals surface area contributed by atoms with Crippen LogP contribution in [0.5, 0.6) is 0 Å². The van der Waals surface area contributed by atoms with Gasteiger partial charge in [-0.3, -0.25) is 9.10 Å². The zero-order chi connectivity index (χ0) is 23.1. The summed E-state index contributed by atoms with van der Waals surface area (Å²) in [6, 6.07) is 11.6. The molecule has 1 aliphatic rings. The number of hydrogen-bond acceptors (Lipinski definition) is 4. The van der Waals surface area contributed by atoms with Crippen LogP contribution in [0.15, 0.2) is 42.5 Å². The van der Waals surface area contributed by atoms with Crippen molar-refractivity contribution in [2.45, 2.75) is 32.2 Å². The molecule has 1 aliphatic heterocycles. The number of likely N-dealkylation sites (tertiary alicyclic amines) is 1. The van der Waals surface area contributed by atoms with Gasteiger partial charge >= 0.3 is 0 Å². The third kappa shape index (κ3) is 6.85. The molecule has 1 fully saturated rings. The van der Waals surface area contributed by atoms with E-state index in [1.165, 1.54) is 23.6 Å². The number of anilines is 1. The lowest BCUT2D eigenvalue weighted by Gasteiger charge is -2.26. The normalized spacial score (nSPS) is 14.8. The Morgan fingerprint density at radius 1 is 1.06 bits per heavy atom. The van der Waals surface area contributed by atoms with Crippen LogP contribution in [0.2, 0.25) is 10.0 Å². The Morgan fingerprint density at radius 3 is 2.41 bits per heavy atom. The average Bonchev–Trinajstić information content (AvgIpc) is 2.77. The third-order valence-electron chi connectivity index (χ3n) is 5.55. The number of carbonyl (C=O) groups is 1. The summed E-state index contributed by atoms with van der Waals surface area (Å²) in [4.78, 5) is 14.9. The van der Waals surface area contributed by atoms with Crippen molar-refractivity contribution < 1.29 is 13.2 Å². The highest BCUT2D eigenvalue weighted by Crippen LogP contribution is 2.29. The average molecular weight is 498 g/mol. The number of nitrogens with one attached hydrogen (secondary N) is 1. The summed E-state index contributed by atoms with van der Waals surface area (Å²) >= 11 is 12.3. The molecule has 0 aromatic heterocycles. The van der Waals surface area contributed by atoms with Gasteiger partial charge in [0.25, 0.3) is 5.91 Å². The molecule has 2 aromatic rings. The van der Waals surface area contributed by atoms with E-state index in [0.717, 1.165) is 32.3 Å². The molecule has 0 bridgehead atoms. The lowest BCUT2D eigenvalue weighted by molar-refractivity contribution is 0.0951. The van der Waals surface area contributed by atoms with Crippen molar-refractivity contribution >= 4 is 44.8 Å². The molecular weight excluding hydrogens is 469 g/mol. The van der Waals surface area contributed by atoms with Gasteiger partial charge in [0.15, 0.2) is 0 Å². The molecular formula is C23H29Cl2N3O3S. The number of benzene rings is 2. The number of rotatable bonds is 9. The molecule has 0 radical (unpaired) electrons. The van der Waals surface area contributed by atoms with E-state index in [2.05, 4.69) is 10.2 Å². The van der Waals surface area contributed by atoms with Crippen LogP contribution in [0.4, 0.5) is 5.69 Å². The van der Waals surface area contributed by atoms with Crippen molar-refractivity contribution in [1.29, 1.82) is 0 Å². The molecule has 2 aromatic carbocycles. The van der Waals surface area contributed by atoms with E-state index >= 15 is 0 Å². The second-order valence-corrected chi connectivity index (χ2v) is 10.7.